The molecule has 0 unspecified atom stereocenters. The molecule has 0 atom stereocenters. The first-order valence-corrected chi connectivity index (χ1v) is 8.33. The second-order valence-electron chi connectivity index (χ2n) is 5.55. The highest BCUT2D eigenvalue weighted by Crippen LogP contribution is 2.31. The predicted octanol–water partition coefficient (Wildman–Crippen LogP) is 4.07. The molecule has 2 heterocycles. The van der Waals surface area contributed by atoms with Crippen LogP contribution in [0.25, 0.3) is 5.69 Å². The summed E-state index contributed by atoms with van der Waals surface area (Å²) in [4.78, 5) is 0. The van der Waals surface area contributed by atoms with Gasteiger partial charge in [0.2, 0.25) is 0 Å². The van der Waals surface area contributed by atoms with Crippen LogP contribution in [0.1, 0.15) is 17.0 Å². The van der Waals surface area contributed by atoms with E-state index in [1.165, 1.54) is 0 Å². The lowest BCUT2D eigenvalue weighted by Gasteiger charge is -2.23. The number of hydrogen-bond donors (Lipinski definition) is 0. The second-order valence-corrected chi connectivity index (χ2v) is 6.33. The average Bonchev–Trinajstić information content (AvgIpc) is 2.83. The maximum absolute atomic E-state index is 6.37. The third kappa shape index (κ3) is 3.39. The van der Waals surface area contributed by atoms with Gasteiger partial charge < -0.3 is 9.30 Å². The third-order valence-corrected chi connectivity index (χ3v) is 4.80. The van der Waals surface area contributed by atoms with Crippen molar-refractivity contribution >= 4 is 29.4 Å². The monoisotopic (exact) mass is 351 g/mol. The van der Waals surface area contributed by atoms with E-state index in [-0.39, 0.29) is 0 Å². The van der Waals surface area contributed by atoms with E-state index in [2.05, 4.69) is 29.6 Å². The molecule has 1 saturated heterocycles. The summed E-state index contributed by atoms with van der Waals surface area (Å²) in [7, 11) is 0. The number of benzene rings is 1. The minimum atomic E-state index is 0.556. The molecule has 0 saturated carbocycles. The number of nitrogens with zero attached hydrogens (tertiary/aromatic N) is 3. The van der Waals surface area contributed by atoms with Crippen LogP contribution in [-0.4, -0.2) is 42.1 Å². The minimum absolute atomic E-state index is 0.556. The van der Waals surface area contributed by atoms with Crippen LogP contribution in [0.4, 0.5) is 0 Å². The van der Waals surface area contributed by atoms with Crippen LogP contribution in [0.5, 0.6) is 0 Å². The maximum Gasteiger partial charge on any atom is 0.0832 e. The van der Waals surface area contributed by atoms with Crippen LogP contribution in [0, 0.1) is 13.8 Å². The number of aromatic nitrogens is 1. The van der Waals surface area contributed by atoms with Crippen molar-refractivity contribution in [3.8, 4) is 5.69 Å². The van der Waals surface area contributed by atoms with Crippen LogP contribution in [0.15, 0.2) is 29.4 Å². The van der Waals surface area contributed by atoms with E-state index in [1.54, 1.807) is 6.07 Å². The zero-order valence-corrected chi connectivity index (χ0v) is 14.7. The molecule has 3 rings (SSSR count). The highest BCUT2D eigenvalue weighted by Gasteiger charge is 2.14. The molecule has 4 nitrogen and oxygen atoms in total. The first-order valence-electron chi connectivity index (χ1n) is 7.58. The van der Waals surface area contributed by atoms with E-state index in [0.29, 0.717) is 10.0 Å². The average molecular weight is 352 g/mol. The maximum atomic E-state index is 6.37. The molecule has 1 fully saturated rings. The lowest BCUT2D eigenvalue weighted by atomic mass is 10.2. The van der Waals surface area contributed by atoms with Crippen LogP contribution in [0.2, 0.25) is 10.0 Å². The quantitative estimate of drug-likeness (QED) is 0.780. The van der Waals surface area contributed by atoms with Gasteiger partial charge in [0.15, 0.2) is 0 Å². The van der Waals surface area contributed by atoms with Crippen molar-refractivity contribution in [1.82, 2.24) is 9.58 Å². The summed E-state index contributed by atoms with van der Waals surface area (Å²) in [5.74, 6) is 0. The van der Waals surface area contributed by atoms with Gasteiger partial charge in [0.05, 0.1) is 48.3 Å². The standard InChI is InChI=1S/C17H19Cl2N3O/c1-12-10-14(11-20-21-6-8-23-9-7-21)13(2)22(12)16-5-3-4-15(18)17(16)19/h3-5,10-11H,6-9H2,1-2H3/b20-11+. The van der Waals surface area contributed by atoms with Gasteiger partial charge in [-0.2, -0.15) is 5.10 Å². The summed E-state index contributed by atoms with van der Waals surface area (Å²) in [5, 5.41) is 7.71. The Morgan fingerprint density at radius 1 is 1.17 bits per heavy atom. The number of ether oxygens (including phenoxy) is 1. The molecule has 23 heavy (non-hydrogen) atoms. The summed E-state index contributed by atoms with van der Waals surface area (Å²) in [6.07, 6.45) is 1.91. The van der Waals surface area contributed by atoms with Crippen molar-refractivity contribution in [2.75, 3.05) is 26.3 Å². The molecule has 1 aromatic heterocycles. The molecule has 122 valence electrons. The van der Waals surface area contributed by atoms with E-state index < -0.39 is 0 Å². The highest BCUT2D eigenvalue weighted by molar-refractivity contribution is 6.43. The van der Waals surface area contributed by atoms with Crippen molar-refractivity contribution in [2.24, 2.45) is 5.10 Å². The Bertz CT molecular complexity index is 734. The molecule has 1 aromatic carbocycles. The molecular weight excluding hydrogens is 333 g/mol. The van der Waals surface area contributed by atoms with Gasteiger partial charge in [-0.25, -0.2) is 0 Å². The normalized spacial score (nSPS) is 15.6. The lowest BCUT2D eigenvalue weighted by molar-refractivity contribution is 0.0397. The number of rotatable bonds is 3. The highest BCUT2D eigenvalue weighted by atomic mass is 35.5. The van der Waals surface area contributed by atoms with Gasteiger partial charge in [-0.3, -0.25) is 5.01 Å². The van der Waals surface area contributed by atoms with Crippen LogP contribution in [0.3, 0.4) is 0 Å². The smallest absolute Gasteiger partial charge is 0.0832 e. The molecule has 0 amide bonds. The molecular formula is C17H19Cl2N3O. The van der Waals surface area contributed by atoms with Crippen molar-refractivity contribution in [3.63, 3.8) is 0 Å². The van der Waals surface area contributed by atoms with Gasteiger partial charge in [0.25, 0.3) is 0 Å². The predicted molar refractivity (Wildman–Crippen MR) is 95.2 cm³/mol. The summed E-state index contributed by atoms with van der Waals surface area (Å²) in [5.41, 5.74) is 4.14. The number of hydrazone groups is 1. The van der Waals surface area contributed by atoms with Crippen molar-refractivity contribution in [2.45, 2.75) is 13.8 Å². The number of halogens is 2. The molecule has 0 N–H and O–H groups in total. The Morgan fingerprint density at radius 2 is 1.91 bits per heavy atom. The molecule has 0 bridgehead atoms. The minimum Gasteiger partial charge on any atom is -0.378 e. The van der Waals surface area contributed by atoms with E-state index >= 15 is 0 Å². The van der Waals surface area contributed by atoms with Gasteiger partial charge in [-0.1, -0.05) is 29.3 Å². The molecule has 0 spiro atoms. The van der Waals surface area contributed by atoms with E-state index in [1.807, 2.05) is 23.4 Å². The first-order chi connectivity index (χ1) is 11.1. The fraction of sp³-hybridized carbons (Fsp3) is 0.353. The molecule has 0 aliphatic carbocycles. The fourth-order valence-corrected chi connectivity index (χ4v) is 3.15. The second kappa shape index (κ2) is 6.95. The van der Waals surface area contributed by atoms with Crippen LogP contribution < -0.4 is 0 Å². The third-order valence-electron chi connectivity index (χ3n) is 3.99. The zero-order valence-electron chi connectivity index (χ0n) is 13.2. The SMILES string of the molecule is Cc1cc(/C=N/N2CCOCC2)c(C)n1-c1cccc(Cl)c1Cl. The van der Waals surface area contributed by atoms with Gasteiger partial charge in [0.1, 0.15) is 0 Å². The van der Waals surface area contributed by atoms with Crippen molar-refractivity contribution in [3.05, 3.63) is 51.3 Å². The topological polar surface area (TPSA) is 29.8 Å². The summed E-state index contributed by atoms with van der Waals surface area (Å²) in [6.45, 7) is 7.23. The summed E-state index contributed by atoms with van der Waals surface area (Å²) < 4.78 is 7.44. The molecule has 6 heteroatoms. The van der Waals surface area contributed by atoms with Crippen molar-refractivity contribution in [1.29, 1.82) is 0 Å². The lowest BCUT2D eigenvalue weighted by Crippen LogP contribution is -2.32. The largest absolute Gasteiger partial charge is 0.378 e. The van der Waals surface area contributed by atoms with Crippen molar-refractivity contribution < 1.29 is 4.74 Å². The van der Waals surface area contributed by atoms with Gasteiger partial charge in [-0.05, 0) is 32.0 Å². The zero-order chi connectivity index (χ0) is 16.4. The Hall–Kier alpha value is -1.49. The van der Waals surface area contributed by atoms with Crippen LogP contribution >= 0.6 is 23.2 Å². The Balaban J connectivity index is 1.93. The first kappa shape index (κ1) is 16.4. The summed E-state index contributed by atoms with van der Waals surface area (Å²) in [6, 6.07) is 7.78. The number of aryl methyl sites for hydroxylation is 1. The van der Waals surface area contributed by atoms with Gasteiger partial charge in [0, 0.05) is 17.0 Å². The Labute approximate surface area is 146 Å². The Kier molecular flexibility index (Phi) is 4.95. The van der Waals surface area contributed by atoms with Gasteiger partial charge >= 0.3 is 0 Å². The molecule has 0 radical (unpaired) electrons. The van der Waals surface area contributed by atoms with Crippen LogP contribution in [-0.2, 0) is 4.74 Å². The number of hydrogen-bond acceptors (Lipinski definition) is 3. The molecule has 2 aromatic rings. The Morgan fingerprint density at radius 3 is 2.65 bits per heavy atom. The van der Waals surface area contributed by atoms with E-state index in [0.717, 1.165) is 48.9 Å². The number of morpholine rings is 1. The van der Waals surface area contributed by atoms with E-state index in [4.69, 9.17) is 27.9 Å². The molecule has 1 aliphatic rings. The fourth-order valence-electron chi connectivity index (χ4n) is 2.77. The van der Waals surface area contributed by atoms with Gasteiger partial charge in [-0.15, -0.1) is 0 Å². The molecule has 1 aliphatic heterocycles. The van der Waals surface area contributed by atoms with E-state index in [9.17, 15) is 0 Å². The summed E-state index contributed by atoms with van der Waals surface area (Å²) >= 11 is 12.5.